The molecule has 0 saturated carbocycles. The van der Waals surface area contributed by atoms with Crippen LogP contribution in [0.15, 0.2) is 42.5 Å². The number of ether oxygens (including phenoxy) is 3. The van der Waals surface area contributed by atoms with Crippen LogP contribution in [0.2, 0.25) is 0 Å². The molecule has 1 atom stereocenters. The molecule has 148 valence electrons. The van der Waals surface area contributed by atoms with E-state index < -0.39 is 6.61 Å². The third-order valence-electron chi connectivity index (χ3n) is 5.03. The van der Waals surface area contributed by atoms with Crippen molar-refractivity contribution in [2.24, 2.45) is 0 Å². The van der Waals surface area contributed by atoms with Gasteiger partial charge in [-0.2, -0.15) is 8.78 Å². The molecule has 2 heterocycles. The summed E-state index contributed by atoms with van der Waals surface area (Å²) in [5.41, 5.74) is 1.80. The van der Waals surface area contributed by atoms with Gasteiger partial charge in [0, 0.05) is 6.54 Å². The third kappa shape index (κ3) is 4.03. The molecular formula is C21H21F2NO4. The predicted octanol–water partition coefficient (Wildman–Crippen LogP) is 3.97. The largest absolute Gasteiger partial charge is 0.486 e. The molecule has 1 amide bonds. The highest BCUT2D eigenvalue weighted by atomic mass is 19.3. The Labute approximate surface area is 161 Å². The van der Waals surface area contributed by atoms with Crippen molar-refractivity contribution < 1.29 is 27.8 Å². The highest BCUT2D eigenvalue weighted by Gasteiger charge is 2.30. The van der Waals surface area contributed by atoms with Gasteiger partial charge in [-0.3, -0.25) is 4.79 Å². The van der Waals surface area contributed by atoms with E-state index in [4.69, 9.17) is 9.47 Å². The van der Waals surface area contributed by atoms with Crippen LogP contribution in [0.3, 0.4) is 0 Å². The van der Waals surface area contributed by atoms with E-state index in [1.165, 1.54) is 12.1 Å². The molecule has 2 aliphatic heterocycles. The number of hydrogen-bond donors (Lipinski definition) is 0. The number of benzene rings is 2. The van der Waals surface area contributed by atoms with Crippen LogP contribution in [0.4, 0.5) is 8.78 Å². The number of fused-ring (bicyclic) bond motifs is 1. The van der Waals surface area contributed by atoms with Gasteiger partial charge >= 0.3 is 6.61 Å². The van der Waals surface area contributed by atoms with Crippen molar-refractivity contribution in [3.8, 4) is 17.2 Å². The summed E-state index contributed by atoms with van der Waals surface area (Å²) in [7, 11) is 0. The fraction of sp³-hybridized carbons (Fsp3) is 0.381. The Balaban J connectivity index is 1.45. The number of likely N-dealkylation sites (tertiary alicyclic amines) is 1. The molecule has 7 heteroatoms. The summed E-state index contributed by atoms with van der Waals surface area (Å²) in [6, 6.07) is 12.0. The fourth-order valence-electron chi connectivity index (χ4n) is 3.74. The molecule has 2 aromatic rings. The number of hydrogen-bond acceptors (Lipinski definition) is 4. The lowest BCUT2D eigenvalue weighted by atomic mass is 10.0. The molecule has 1 fully saturated rings. The molecule has 0 spiro atoms. The van der Waals surface area contributed by atoms with Gasteiger partial charge in [-0.1, -0.05) is 18.2 Å². The molecule has 0 bridgehead atoms. The first kappa shape index (κ1) is 18.5. The molecule has 2 aromatic carbocycles. The van der Waals surface area contributed by atoms with Crippen LogP contribution in [0.1, 0.15) is 30.0 Å². The first-order valence-electron chi connectivity index (χ1n) is 9.33. The van der Waals surface area contributed by atoms with Gasteiger partial charge in [0.25, 0.3) is 0 Å². The number of carbonyl (C=O) groups excluding carboxylic acids is 1. The van der Waals surface area contributed by atoms with Gasteiger partial charge in [0.2, 0.25) is 5.91 Å². The Morgan fingerprint density at radius 1 is 1.11 bits per heavy atom. The monoisotopic (exact) mass is 389 g/mol. The summed E-state index contributed by atoms with van der Waals surface area (Å²) in [5.74, 6) is 1.55. The fourth-order valence-corrected chi connectivity index (χ4v) is 3.74. The van der Waals surface area contributed by atoms with Crippen LogP contribution in [0.5, 0.6) is 17.2 Å². The van der Waals surface area contributed by atoms with Crippen LogP contribution < -0.4 is 14.2 Å². The molecule has 2 aliphatic rings. The van der Waals surface area contributed by atoms with Crippen LogP contribution in [-0.4, -0.2) is 37.2 Å². The van der Waals surface area contributed by atoms with Crippen molar-refractivity contribution in [2.75, 3.05) is 19.8 Å². The maximum atomic E-state index is 12.9. The molecular weight excluding hydrogens is 368 g/mol. The molecule has 1 saturated heterocycles. The minimum atomic E-state index is -2.86. The predicted molar refractivity (Wildman–Crippen MR) is 97.9 cm³/mol. The van der Waals surface area contributed by atoms with Crippen molar-refractivity contribution in [3.05, 3.63) is 53.6 Å². The molecule has 0 N–H and O–H groups in total. The molecule has 0 aliphatic carbocycles. The van der Waals surface area contributed by atoms with Crippen LogP contribution in [0.25, 0.3) is 0 Å². The molecule has 0 aromatic heterocycles. The van der Waals surface area contributed by atoms with Gasteiger partial charge in [-0.15, -0.1) is 0 Å². The number of alkyl halides is 2. The highest BCUT2D eigenvalue weighted by Crippen LogP contribution is 2.38. The van der Waals surface area contributed by atoms with Crippen molar-refractivity contribution in [3.63, 3.8) is 0 Å². The van der Waals surface area contributed by atoms with Crippen LogP contribution in [-0.2, 0) is 11.2 Å². The Bertz CT molecular complexity index is 841. The summed E-state index contributed by atoms with van der Waals surface area (Å²) >= 11 is 0. The van der Waals surface area contributed by atoms with E-state index in [-0.39, 0.29) is 24.1 Å². The number of carbonyl (C=O) groups is 1. The van der Waals surface area contributed by atoms with Gasteiger partial charge < -0.3 is 19.1 Å². The van der Waals surface area contributed by atoms with Gasteiger partial charge in [0.05, 0.1) is 12.5 Å². The minimum absolute atomic E-state index is 0.00441. The standard InChI is InChI=1S/C21H21F2NO4/c22-21(23)28-16-6-3-14(4-7-16)12-20(25)24-9-1-2-17(24)15-5-8-18-19(13-15)27-11-10-26-18/h3-8,13,17,21H,1-2,9-12H2. The first-order valence-corrected chi connectivity index (χ1v) is 9.33. The van der Waals surface area contributed by atoms with E-state index in [2.05, 4.69) is 4.74 Å². The third-order valence-corrected chi connectivity index (χ3v) is 5.03. The SMILES string of the molecule is O=C(Cc1ccc(OC(F)F)cc1)N1CCCC1c1ccc2c(c1)OCCO2. The normalized spacial score (nSPS) is 18.4. The number of nitrogens with zero attached hydrogens (tertiary/aromatic N) is 1. The molecule has 0 radical (unpaired) electrons. The Morgan fingerprint density at radius 2 is 1.86 bits per heavy atom. The first-order chi connectivity index (χ1) is 13.6. The summed E-state index contributed by atoms with van der Waals surface area (Å²) in [6.45, 7) is -1.09. The summed E-state index contributed by atoms with van der Waals surface area (Å²) in [6.07, 6.45) is 2.05. The Morgan fingerprint density at radius 3 is 2.61 bits per heavy atom. The quantitative estimate of drug-likeness (QED) is 0.777. The molecule has 1 unspecified atom stereocenters. The van der Waals surface area contributed by atoms with Crippen LogP contribution in [0, 0.1) is 0 Å². The average Bonchev–Trinajstić information content (AvgIpc) is 3.19. The average molecular weight is 389 g/mol. The topological polar surface area (TPSA) is 48.0 Å². The Hall–Kier alpha value is -2.83. The zero-order valence-corrected chi connectivity index (χ0v) is 15.3. The van der Waals surface area contributed by atoms with Gasteiger partial charge in [-0.05, 0) is 48.2 Å². The van der Waals surface area contributed by atoms with E-state index in [0.717, 1.165) is 35.5 Å². The maximum Gasteiger partial charge on any atom is 0.387 e. The summed E-state index contributed by atoms with van der Waals surface area (Å²) in [4.78, 5) is 14.8. The molecule has 5 nitrogen and oxygen atoms in total. The second-order valence-corrected chi connectivity index (χ2v) is 6.85. The lowest BCUT2D eigenvalue weighted by Crippen LogP contribution is -2.32. The van der Waals surface area contributed by atoms with E-state index in [9.17, 15) is 13.6 Å². The zero-order chi connectivity index (χ0) is 19.5. The van der Waals surface area contributed by atoms with Crippen molar-refractivity contribution >= 4 is 5.91 Å². The second kappa shape index (κ2) is 8.04. The summed E-state index contributed by atoms with van der Waals surface area (Å²) < 4.78 is 40.1. The van der Waals surface area contributed by atoms with E-state index in [0.29, 0.717) is 19.8 Å². The molecule has 4 rings (SSSR count). The lowest BCUT2D eigenvalue weighted by Gasteiger charge is -2.27. The van der Waals surface area contributed by atoms with Crippen LogP contribution >= 0.6 is 0 Å². The zero-order valence-electron chi connectivity index (χ0n) is 15.3. The van der Waals surface area contributed by atoms with Crippen molar-refractivity contribution in [1.82, 2.24) is 4.90 Å². The number of halogens is 2. The highest BCUT2D eigenvalue weighted by molar-refractivity contribution is 5.79. The van der Waals surface area contributed by atoms with E-state index >= 15 is 0 Å². The van der Waals surface area contributed by atoms with E-state index in [1.54, 1.807) is 12.1 Å². The Kier molecular flexibility index (Phi) is 5.32. The smallest absolute Gasteiger partial charge is 0.387 e. The van der Waals surface area contributed by atoms with Gasteiger partial charge in [0.1, 0.15) is 19.0 Å². The van der Waals surface area contributed by atoms with Crippen molar-refractivity contribution in [1.29, 1.82) is 0 Å². The summed E-state index contributed by atoms with van der Waals surface area (Å²) in [5, 5.41) is 0. The van der Waals surface area contributed by atoms with Crippen molar-refractivity contribution in [2.45, 2.75) is 31.9 Å². The van der Waals surface area contributed by atoms with Gasteiger partial charge in [-0.25, -0.2) is 0 Å². The van der Waals surface area contributed by atoms with Gasteiger partial charge in [0.15, 0.2) is 11.5 Å². The van der Waals surface area contributed by atoms with E-state index in [1.807, 2.05) is 23.1 Å². The second-order valence-electron chi connectivity index (χ2n) is 6.85. The molecule has 28 heavy (non-hydrogen) atoms. The maximum absolute atomic E-state index is 12.9. The minimum Gasteiger partial charge on any atom is -0.486 e. The lowest BCUT2D eigenvalue weighted by molar-refractivity contribution is -0.131. The number of amides is 1. The number of rotatable bonds is 5.